The van der Waals surface area contributed by atoms with Gasteiger partial charge in [0.1, 0.15) is 11.5 Å². The molecule has 0 spiro atoms. The Kier molecular flexibility index (Phi) is 5.80. The van der Waals surface area contributed by atoms with Crippen molar-refractivity contribution in [3.63, 3.8) is 0 Å². The summed E-state index contributed by atoms with van der Waals surface area (Å²) in [6, 6.07) is 19.0. The topological polar surface area (TPSA) is 79.7 Å². The SMILES string of the molecule is CCOc1cccc(/C(O)=C2/C(=O)C(=O)N(Cc3cccnc3)C2c2ccccc2)c1. The lowest BCUT2D eigenvalue weighted by Gasteiger charge is -2.25. The summed E-state index contributed by atoms with van der Waals surface area (Å²) in [5.74, 6) is -1.01. The van der Waals surface area contributed by atoms with Crippen LogP contribution in [-0.4, -0.2) is 33.3 Å². The molecule has 4 rings (SSSR count). The number of ketones is 1. The second kappa shape index (κ2) is 8.83. The highest BCUT2D eigenvalue weighted by atomic mass is 16.5. The van der Waals surface area contributed by atoms with Gasteiger partial charge in [-0.1, -0.05) is 48.5 Å². The standard InChI is InChI=1S/C25H22N2O4/c1-2-31-20-12-6-11-19(14-20)23(28)21-22(18-9-4-3-5-10-18)27(25(30)24(21)29)16-17-8-7-13-26-15-17/h3-15,22,28H,2,16H2,1H3/b23-21-. The molecule has 6 heteroatoms. The van der Waals surface area contributed by atoms with Gasteiger partial charge in [0.25, 0.3) is 11.7 Å². The summed E-state index contributed by atoms with van der Waals surface area (Å²) in [7, 11) is 0. The molecule has 0 radical (unpaired) electrons. The monoisotopic (exact) mass is 414 g/mol. The number of aliphatic hydroxyl groups is 1. The highest BCUT2D eigenvalue weighted by Gasteiger charge is 2.46. The van der Waals surface area contributed by atoms with Crippen LogP contribution in [0.3, 0.4) is 0 Å². The van der Waals surface area contributed by atoms with E-state index in [1.165, 1.54) is 4.90 Å². The fourth-order valence-corrected chi connectivity index (χ4v) is 3.77. The zero-order valence-corrected chi connectivity index (χ0v) is 17.1. The Morgan fingerprint density at radius 1 is 1.06 bits per heavy atom. The van der Waals surface area contributed by atoms with Gasteiger partial charge < -0.3 is 14.7 Å². The van der Waals surface area contributed by atoms with Crippen LogP contribution >= 0.6 is 0 Å². The lowest BCUT2D eigenvalue weighted by Crippen LogP contribution is -2.29. The fraction of sp³-hybridized carbons (Fsp3) is 0.160. The Hall–Kier alpha value is -3.93. The number of pyridine rings is 1. The summed E-state index contributed by atoms with van der Waals surface area (Å²) in [5.41, 5.74) is 2.02. The first-order valence-corrected chi connectivity index (χ1v) is 10.1. The Labute approximate surface area is 180 Å². The van der Waals surface area contributed by atoms with Crippen molar-refractivity contribution >= 4 is 17.4 Å². The van der Waals surface area contributed by atoms with Gasteiger partial charge >= 0.3 is 0 Å². The maximum Gasteiger partial charge on any atom is 0.295 e. The van der Waals surface area contributed by atoms with Gasteiger partial charge in [-0.15, -0.1) is 0 Å². The normalized spacial score (nSPS) is 17.7. The Morgan fingerprint density at radius 3 is 2.58 bits per heavy atom. The first-order chi connectivity index (χ1) is 15.1. The average Bonchev–Trinajstić information content (AvgIpc) is 3.05. The van der Waals surface area contributed by atoms with Crippen molar-refractivity contribution in [3.05, 3.63) is 101 Å². The van der Waals surface area contributed by atoms with Gasteiger partial charge in [0, 0.05) is 24.5 Å². The number of Topliss-reactive ketones (excluding diaryl/α,β-unsaturated/α-hetero) is 1. The minimum atomic E-state index is -0.711. The summed E-state index contributed by atoms with van der Waals surface area (Å²) < 4.78 is 5.52. The number of hydrogen-bond acceptors (Lipinski definition) is 5. The summed E-state index contributed by atoms with van der Waals surface area (Å²) in [6.45, 7) is 2.55. The molecular weight excluding hydrogens is 392 g/mol. The minimum Gasteiger partial charge on any atom is -0.507 e. The van der Waals surface area contributed by atoms with Crippen LogP contribution < -0.4 is 4.74 Å². The van der Waals surface area contributed by atoms with E-state index in [9.17, 15) is 14.7 Å². The molecule has 156 valence electrons. The molecule has 1 atom stereocenters. The van der Waals surface area contributed by atoms with Crippen LogP contribution in [0, 0.1) is 0 Å². The molecule has 0 saturated carbocycles. The van der Waals surface area contributed by atoms with E-state index in [0.717, 1.165) is 11.1 Å². The number of hydrogen-bond donors (Lipinski definition) is 1. The third-order valence-electron chi connectivity index (χ3n) is 5.15. The lowest BCUT2D eigenvalue weighted by molar-refractivity contribution is -0.140. The van der Waals surface area contributed by atoms with Gasteiger partial charge in [-0.05, 0) is 36.2 Å². The first kappa shape index (κ1) is 20.3. The van der Waals surface area contributed by atoms with Gasteiger partial charge in [-0.3, -0.25) is 14.6 Å². The van der Waals surface area contributed by atoms with Crippen LogP contribution in [0.5, 0.6) is 5.75 Å². The molecule has 1 aliphatic heterocycles. The Bertz CT molecular complexity index is 1130. The van der Waals surface area contributed by atoms with E-state index >= 15 is 0 Å². The summed E-state index contributed by atoms with van der Waals surface area (Å²) in [6.07, 6.45) is 3.31. The highest BCUT2D eigenvalue weighted by molar-refractivity contribution is 6.46. The van der Waals surface area contributed by atoms with Crippen LogP contribution in [0.15, 0.2) is 84.7 Å². The first-order valence-electron chi connectivity index (χ1n) is 10.1. The highest BCUT2D eigenvalue weighted by Crippen LogP contribution is 2.40. The third kappa shape index (κ3) is 4.05. The van der Waals surface area contributed by atoms with Crippen molar-refractivity contribution in [1.82, 2.24) is 9.88 Å². The van der Waals surface area contributed by atoms with Gasteiger partial charge in [0.05, 0.1) is 18.2 Å². The Balaban J connectivity index is 1.83. The lowest BCUT2D eigenvalue weighted by atomic mass is 9.95. The second-order valence-corrected chi connectivity index (χ2v) is 7.16. The zero-order chi connectivity index (χ0) is 21.8. The Morgan fingerprint density at radius 2 is 1.87 bits per heavy atom. The van der Waals surface area contributed by atoms with Crippen LogP contribution in [0.2, 0.25) is 0 Å². The number of aromatic nitrogens is 1. The minimum absolute atomic E-state index is 0.0636. The number of amides is 1. The average molecular weight is 414 g/mol. The maximum absolute atomic E-state index is 13.1. The van der Waals surface area contributed by atoms with Crippen molar-refractivity contribution in [2.45, 2.75) is 19.5 Å². The largest absolute Gasteiger partial charge is 0.507 e. The molecule has 31 heavy (non-hydrogen) atoms. The van der Waals surface area contributed by atoms with Crippen molar-refractivity contribution in [2.24, 2.45) is 0 Å². The zero-order valence-electron chi connectivity index (χ0n) is 17.1. The van der Waals surface area contributed by atoms with Crippen molar-refractivity contribution in [2.75, 3.05) is 6.61 Å². The molecule has 1 aromatic heterocycles. The van der Waals surface area contributed by atoms with Gasteiger partial charge in [0.15, 0.2) is 0 Å². The maximum atomic E-state index is 13.1. The number of benzene rings is 2. The molecule has 1 saturated heterocycles. The molecule has 3 aromatic rings. The quantitative estimate of drug-likeness (QED) is 0.373. The number of rotatable bonds is 6. The van der Waals surface area contributed by atoms with Crippen molar-refractivity contribution in [3.8, 4) is 5.75 Å². The van der Waals surface area contributed by atoms with E-state index in [4.69, 9.17) is 4.74 Å². The number of nitrogens with zero attached hydrogens (tertiary/aromatic N) is 2. The molecule has 1 aliphatic rings. The van der Waals surface area contributed by atoms with Gasteiger partial charge in [0.2, 0.25) is 0 Å². The van der Waals surface area contributed by atoms with Crippen LogP contribution in [0.1, 0.15) is 29.7 Å². The number of carbonyl (C=O) groups excluding carboxylic acids is 2. The van der Waals surface area contributed by atoms with E-state index in [1.807, 2.05) is 43.3 Å². The molecule has 2 heterocycles. The van der Waals surface area contributed by atoms with Crippen molar-refractivity contribution in [1.29, 1.82) is 0 Å². The van der Waals surface area contributed by atoms with Crippen LogP contribution in [0.4, 0.5) is 0 Å². The second-order valence-electron chi connectivity index (χ2n) is 7.16. The summed E-state index contributed by atoms with van der Waals surface area (Å²) in [5, 5.41) is 11.1. The van der Waals surface area contributed by atoms with Crippen LogP contribution in [-0.2, 0) is 16.1 Å². The predicted molar refractivity (Wildman–Crippen MR) is 116 cm³/mol. The van der Waals surface area contributed by atoms with Gasteiger partial charge in [-0.25, -0.2) is 0 Å². The molecule has 0 bridgehead atoms. The van der Waals surface area contributed by atoms with E-state index in [2.05, 4.69) is 4.98 Å². The number of carbonyl (C=O) groups is 2. The summed E-state index contributed by atoms with van der Waals surface area (Å²) >= 11 is 0. The van der Waals surface area contributed by atoms with E-state index in [-0.39, 0.29) is 17.9 Å². The van der Waals surface area contributed by atoms with Crippen LogP contribution in [0.25, 0.3) is 5.76 Å². The third-order valence-corrected chi connectivity index (χ3v) is 5.15. The number of aliphatic hydroxyl groups excluding tert-OH is 1. The molecule has 0 aliphatic carbocycles. The van der Waals surface area contributed by atoms with Crippen molar-refractivity contribution < 1.29 is 19.4 Å². The van der Waals surface area contributed by atoms with E-state index < -0.39 is 17.7 Å². The number of ether oxygens (including phenoxy) is 1. The van der Waals surface area contributed by atoms with Gasteiger partial charge in [-0.2, -0.15) is 0 Å². The fourth-order valence-electron chi connectivity index (χ4n) is 3.77. The van der Waals surface area contributed by atoms with E-state index in [0.29, 0.717) is 17.9 Å². The van der Waals surface area contributed by atoms with E-state index in [1.54, 1.807) is 42.7 Å². The molecule has 1 N–H and O–H groups in total. The molecule has 1 unspecified atom stereocenters. The molecule has 1 amide bonds. The predicted octanol–water partition coefficient (Wildman–Crippen LogP) is 4.10. The smallest absolute Gasteiger partial charge is 0.295 e. The molecule has 6 nitrogen and oxygen atoms in total. The molecule has 2 aromatic carbocycles. The molecular formula is C25H22N2O4. The number of likely N-dealkylation sites (tertiary alicyclic amines) is 1. The molecule has 1 fully saturated rings. The summed E-state index contributed by atoms with van der Waals surface area (Å²) in [4.78, 5) is 31.6.